The Kier molecular flexibility index (Phi) is 6.61. The van der Waals surface area contributed by atoms with Crippen molar-refractivity contribution in [3.63, 3.8) is 0 Å². The zero-order valence-electron chi connectivity index (χ0n) is 19.2. The largest absolute Gasteiger partial charge is 0.493 e. The summed E-state index contributed by atoms with van der Waals surface area (Å²) in [7, 11) is 3.07. The molecule has 0 aliphatic carbocycles. The second-order valence-corrected chi connectivity index (χ2v) is 8.22. The smallest absolute Gasteiger partial charge is 0.258 e. The van der Waals surface area contributed by atoms with Crippen molar-refractivity contribution < 1.29 is 18.9 Å². The molecule has 2 N–H and O–H groups in total. The molecule has 33 heavy (non-hydrogen) atoms. The summed E-state index contributed by atoms with van der Waals surface area (Å²) in [4.78, 5) is 14.0. The van der Waals surface area contributed by atoms with Gasteiger partial charge in [-0.15, -0.1) is 0 Å². The minimum atomic E-state index is -0.747. The molecule has 0 saturated carbocycles. The summed E-state index contributed by atoms with van der Waals surface area (Å²) < 4.78 is 24.5. The summed E-state index contributed by atoms with van der Waals surface area (Å²) in [5.74, 6) is 0.557. The quantitative estimate of drug-likeness (QED) is 0.688. The van der Waals surface area contributed by atoms with E-state index in [1.807, 2.05) is 12.1 Å². The first-order chi connectivity index (χ1) is 16.0. The second-order valence-electron chi connectivity index (χ2n) is 8.22. The summed E-state index contributed by atoms with van der Waals surface area (Å²) >= 11 is 0. The number of hydrogen-bond donors (Lipinski definition) is 1. The number of pyridine rings is 1. The highest BCUT2D eigenvalue weighted by Gasteiger charge is 2.37. The van der Waals surface area contributed by atoms with Crippen LogP contribution in [0.25, 0.3) is 0 Å². The average Bonchev–Trinajstić information content (AvgIpc) is 3.33. The molecule has 8 nitrogen and oxygen atoms in total. The normalized spacial score (nSPS) is 19.6. The number of nitriles is 1. The van der Waals surface area contributed by atoms with E-state index in [4.69, 9.17) is 24.7 Å². The monoisotopic (exact) mass is 451 g/mol. The van der Waals surface area contributed by atoms with Crippen molar-refractivity contribution in [1.82, 2.24) is 4.57 Å². The minimum Gasteiger partial charge on any atom is -0.493 e. The van der Waals surface area contributed by atoms with Crippen LogP contribution in [0.3, 0.4) is 0 Å². The number of benzene rings is 1. The van der Waals surface area contributed by atoms with Crippen LogP contribution >= 0.6 is 0 Å². The standard InChI is InChI=1S/C25H29N3O5/c1-4-7-15-12-20-22(25(29)28(15)14-16-8-6-11-32-16)21(18(13-26)24(27)33-20)17-9-5-10-19(30-2)23(17)31-3/h5,9-10,12,16,21H,4,6-8,11,14,27H2,1-3H3. The van der Waals surface area contributed by atoms with Crippen molar-refractivity contribution in [2.75, 3.05) is 20.8 Å². The number of aryl methyl sites for hydroxylation is 1. The van der Waals surface area contributed by atoms with Crippen LogP contribution in [-0.4, -0.2) is 31.5 Å². The lowest BCUT2D eigenvalue weighted by atomic mass is 9.83. The number of hydrogen-bond acceptors (Lipinski definition) is 7. The molecule has 174 valence electrons. The SMILES string of the molecule is CCCc1cc2c(c(=O)n1CC1CCCO1)C(c1cccc(OC)c1OC)C(C#N)=C(N)O2. The Morgan fingerprint density at radius 1 is 1.30 bits per heavy atom. The first kappa shape index (κ1) is 22.7. The Labute approximate surface area is 193 Å². The maximum Gasteiger partial charge on any atom is 0.258 e. The van der Waals surface area contributed by atoms with Crippen LogP contribution in [0.4, 0.5) is 0 Å². The van der Waals surface area contributed by atoms with Gasteiger partial charge in [-0.3, -0.25) is 4.79 Å². The molecule has 2 aromatic rings. The van der Waals surface area contributed by atoms with E-state index in [0.29, 0.717) is 47.9 Å². The zero-order valence-corrected chi connectivity index (χ0v) is 19.2. The maximum atomic E-state index is 14.0. The minimum absolute atomic E-state index is 0.0123. The number of ether oxygens (including phenoxy) is 4. The first-order valence-electron chi connectivity index (χ1n) is 11.2. The Morgan fingerprint density at radius 2 is 2.12 bits per heavy atom. The van der Waals surface area contributed by atoms with Gasteiger partial charge in [-0.05, 0) is 25.3 Å². The highest BCUT2D eigenvalue weighted by atomic mass is 16.5. The maximum absolute atomic E-state index is 14.0. The fourth-order valence-corrected chi connectivity index (χ4v) is 4.72. The fourth-order valence-electron chi connectivity index (χ4n) is 4.72. The van der Waals surface area contributed by atoms with Crippen molar-refractivity contribution in [2.45, 2.75) is 51.2 Å². The van der Waals surface area contributed by atoms with Gasteiger partial charge in [0.05, 0.1) is 38.3 Å². The molecule has 1 fully saturated rings. The molecular formula is C25H29N3O5. The predicted octanol–water partition coefficient (Wildman–Crippen LogP) is 3.22. The summed E-state index contributed by atoms with van der Waals surface area (Å²) in [5.41, 5.74) is 7.97. The summed E-state index contributed by atoms with van der Waals surface area (Å²) in [5, 5.41) is 9.97. The van der Waals surface area contributed by atoms with Crippen LogP contribution in [0.15, 0.2) is 40.5 Å². The number of aromatic nitrogens is 1. The molecule has 8 heteroatoms. The number of nitrogens with two attached hydrogens (primary N) is 1. The Morgan fingerprint density at radius 3 is 2.76 bits per heavy atom. The molecule has 2 atom stereocenters. The highest BCUT2D eigenvalue weighted by molar-refractivity contribution is 5.60. The van der Waals surface area contributed by atoms with E-state index >= 15 is 0 Å². The molecule has 3 heterocycles. The van der Waals surface area contributed by atoms with Gasteiger partial charge < -0.3 is 29.2 Å². The summed E-state index contributed by atoms with van der Waals surface area (Å²) in [6.45, 7) is 3.23. The summed E-state index contributed by atoms with van der Waals surface area (Å²) in [6, 6.07) is 9.40. The van der Waals surface area contributed by atoms with E-state index in [1.165, 1.54) is 7.11 Å². The van der Waals surface area contributed by atoms with Gasteiger partial charge in [0.1, 0.15) is 17.4 Å². The third-order valence-electron chi connectivity index (χ3n) is 6.23. The van der Waals surface area contributed by atoms with E-state index in [9.17, 15) is 10.1 Å². The number of methoxy groups -OCH3 is 2. The van der Waals surface area contributed by atoms with Crippen LogP contribution in [0.2, 0.25) is 0 Å². The Hall–Kier alpha value is -3.44. The van der Waals surface area contributed by atoms with E-state index in [2.05, 4.69) is 13.0 Å². The molecule has 0 spiro atoms. The Balaban J connectivity index is 1.97. The van der Waals surface area contributed by atoms with Gasteiger partial charge in [0.25, 0.3) is 5.56 Å². The van der Waals surface area contributed by atoms with E-state index < -0.39 is 5.92 Å². The molecule has 1 saturated heterocycles. The molecule has 1 aromatic heterocycles. The predicted molar refractivity (Wildman–Crippen MR) is 123 cm³/mol. The fraction of sp³-hybridized carbons (Fsp3) is 0.440. The molecule has 1 aromatic carbocycles. The molecule has 2 unspecified atom stereocenters. The number of rotatable bonds is 7. The highest BCUT2D eigenvalue weighted by Crippen LogP contribution is 2.46. The van der Waals surface area contributed by atoms with Crippen LogP contribution in [0, 0.1) is 11.3 Å². The molecule has 2 aliphatic rings. The van der Waals surface area contributed by atoms with Crippen LogP contribution < -0.4 is 25.5 Å². The van der Waals surface area contributed by atoms with Crippen molar-refractivity contribution in [2.24, 2.45) is 5.73 Å². The van der Waals surface area contributed by atoms with Gasteiger partial charge in [0, 0.05) is 23.9 Å². The Bertz CT molecular complexity index is 1170. The number of nitrogens with zero attached hydrogens (tertiary/aromatic N) is 2. The summed E-state index contributed by atoms with van der Waals surface area (Å²) in [6.07, 6.45) is 3.46. The van der Waals surface area contributed by atoms with Gasteiger partial charge in [0.2, 0.25) is 5.88 Å². The first-order valence-corrected chi connectivity index (χ1v) is 11.2. The van der Waals surface area contributed by atoms with Gasteiger partial charge >= 0.3 is 0 Å². The third-order valence-corrected chi connectivity index (χ3v) is 6.23. The molecule has 0 bridgehead atoms. The van der Waals surface area contributed by atoms with Crippen molar-refractivity contribution in [1.29, 1.82) is 5.26 Å². The van der Waals surface area contributed by atoms with Crippen LogP contribution in [0.5, 0.6) is 17.2 Å². The molecule has 0 radical (unpaired) electrons. The van der Waals surface area contributed by atoms with E-state index in [1.54, 1.807) is 23.8 Å². The van der Waals surface area contributed by atoms with Crippen molar-refractivity contribution in [3.8, 4) is 23.3 Å². The molecular weight excluding hydrogens is 422 g/mol. The van der Waals surface area contributed by atoms with Gasteiger partial charge in [-0.1, -0.05) is 25.5 Å². The molecule has 4 rings (SSSR count). The molecule has 0 amide bonds. The lowest BCUT2D eigenvalue weighted by Gasteiger charge is -2.29. The van der Waals surface area contributed by atoms with E-state index in [0.717, 1.165) is 25.0 Å². The van der Waals surface area contributed by atoms with Gasteiger partial charge in [-0.25, -0.2) is 0 Å². The molecule has 2 aliphatic heterocycles. The van der Waals surface area contributed by atoms with E-state index in [-0.39, 0.29) is 23.1 Å². The van der Waals surface area contributed by atoms with Crippen LogP contribution in [-0.2, 0) is 17.7 Å². The zero-order chi connectivity index (χ0) is 23.5. The second kappa shape index (κ2) is 9.59. The third kappa shape index (κ3) is 4.05. The number of allylic oxidation sites excluding steroid dienone is 1. The van der Waals surface area contributed by atoms with Crippen molar-refractivity contribution >= 4 is 0 Å². The number of para-hydroxylation sites is 1. The number of fused-ring (bicyclic) bond motifs is 1. The lowest BCUT2D eigenvalue weighted by Crippen LogP contribution is -2.35. The van der Waals surface area contributed by atoms with Crippen LogP contribution in [0.1, 0.15) is 48.9 Å². The van der Waals surface area contributed by atoms with Gasteiger partial charge in [-0.2, -0.15) is 5.26 Å². The lowest BCUT2D eigenvalue weighted by molar-refractivity contribution is 0.0952. The topological polar surface area (TPSA) is 109 Å². The average molecular weight is 452 g/mol. The van der Waals surface area contributed by atoms with Gasteiger partial charge in [0.15, 0.2) is 11.5 Å². The van der Waals surface area contributed by atoms with Crippen molar-refractivity contribution in [3.05, 3.63) is 62.9 Å².